The second-order valence-electron chi connectivity index (χ2n) is 2.48. The van der Waals surface area contributed by atoms with Gasteiger partial charge in [-0.2, -0.15) is 0 Å². The summed E-state index contributed by atoms with van der Waals surface area (Å²) in [4.78, 5) is 10.6. The van der Waals surface area contributed by atoms with Gasteiger partial charge in [0.1, 0.15) is 5.82 Å². The van der Waals surface area contributed by atoms with Gasteiger partial charge in [0.25, 0.3) is 0 Å². The van der Waals surface area contributed by atoms with E-state index < -0.39 is 6.09 Å². The first-order chi connectivity index (χ1) is 6.22. The number of benzene rings is 1. The lowest BCUT2D eigenvalue weighted by molar-refractivity contribution is 0.170. The van der Waals surface area contributed by atoms with E-state index in [1.54, 1.807) is 12.1 Å². The fourth-order valence-corrected chi connectivity index (χ4v) is 0.893. The molecule has 0 aliphatic carbocycles. The van der Waals surface area contributed by atoms with Gasteiger partial charge in [0, 0.05) is 6.54 Å². The van der Waals surface area contributed by atoms with Crippen molar-refractivity contribution in [3.05, 3.63) is 35.6 Å². The standard InChI is InChI=1S/C9H10FNO2/c1-13-9(12)11-6-7-3-2-4-8(10)5-7/h2-5H,6H2,1H3,(H,11,12). The van der Waals surface area contributed by atoms with Crippen LogP contribution in [0.5, 0.6) is 0 Å². The zero-order valence-electron chi connectivity index (χ0n) is 7.21. The van der Waals surface area contributed by atoms with Gasteiger partial charge in [0.05, 0.1) is 7.11 Å². The predicted octanol–water partition coefficient (Wildman–Crippen LogP) is 1.68. The number of alkyl carbamates (subject to hydrolysis) is 1. The number of nitrogens with one attached hydrogen (secondary N) is 1. The normalized spacial score (nSPS) is 9.38. The van der Waals surface area contributed by atoms with Crippen LogP contribution in [0.3, 0.4) is 0 Å². The molecule has 4 heteroatoms. The van der Waals surface area contributed by atoms with Crippen molar-refractivity contribution in [3.63, 3.8) is 0 Å². The zero-order chi connectivity index (χ0) is 9.68. The number of methoxy groups -OCH3 is 1. The SMILES string of the molecule is COC(=O)NCc1cccc(F)c1. The molecule has 0 saturated heterocycles. The molecule has 0 saturated carbocycles. The lowest BCUT2D eigenvalue weighted by atomic mass is 10.2. The quantitative estimate of drug-likeness (QED) is 0.757. The third kappa shape index (κ3) is 3.11. The summed E-state index contributed by atoms with van der Waals surface area (Å²) < 4.78 is 17.0. The van der Waals surface area contributed by atoms with E-state index in [0.29, 0.717) is 5.56 Å². The number of carbonyl (C=O) groups is 1. The number of halogens is 1. The second kappa shape index (κ2) is 4.45. The molecule has 0 radical (unpaired) electrons. The van der Waals surface area contributed by atoms with Gasteiger partial charge in [-0.1, -0.05) is 12.1 Å². The minimum absolute atomic E-state index is 0.268. The van der Waals surface area contributed by atoms with Crippen LogP contribution >= 0.6 is 0 Å². The molecule has 0 aliphatic rings. The van der Waals surface area contributed by atoms with Crippen molar-refractivity contribution in [2.24, 2.45) is 0 Å². The lowest BCUT2D eigenvalue weighted by Crippen LogP contribution is -2.22. The van der Waals surface area contributed by atoms with Gasteiger partial charge in [-0.05, 0) is 17.7 Å². The summed E-state index contributed by atoms with van der Waals surface area (Å²) in [6.45, 7) is 0.268. The van der Waals surface area contributed by atoms with Gasteiger partial charge >= 0.3 is 6.09 Å². The van der Waals surface area contributed by atoms with Crippen LogP contribution in [0.15, 0.2) is 24.3 Å². The van der Waals surface area contributed by atoms with Gasteiger partial charge in [-0.25, -0.2) is 9.18 Å². The average Bonchev–Trinajstić information content (AvgIpc) is 2.14. The Kier molecular flexibility index (Phi) is 3.25. The number of ether oxygens (including phenoxy) is 1. The van der Waals surface area contributed by atoms with E-state index in [1.807, 2.05) is 0 Å². The minimum atomic E-state index is -0.524. The highest BCUT2D eigenvalue weighted by molar-refractivity contribution is 5.66. The number of carbonyl (C=O) groups excluding carboxylic acids is 1. The molecule has 0 fully saturated rings. The molecular formula is C9H10FNO2. The third-order valence-corrected chi connectivity index (χ3v) is 1.51. The van der Waals surface area contributed by atoms with Gasteiger partial charge in [0.2, 0.25) is 0 Å². The molecule has 1 N–H and O–H groups in total. The van der Waals surface area contributed by atoms with Gasteiger partial charge in [-0.15, -0.1) is 0 Å². The molecular weight excluding hydrogens is 173 g/mol. The van der Waals surface area contributed by atoms with E-state index in [4.69, 9.17) is 0 Å². The van der Waals surface area contributed by atoms with Crippen LogP contribution in [-0.2, 0) is 11.3 Å². The Morgan fingerprint density at radius 1 is 1.62 bits per heavy atom. The molecule has 0 atom stereocenters. The Morgan fingerprint density at radius 3 is 3.00 bits per heavy atom. The maximum Gasteiger partial charge on any atom is 0.407 e. The highest BCUT2D eigenvalue weighted by atomic mass is 19.1. The van der Waals surface area contributed by atoms with Gasteiger partial charge in [-0.3, -0.25) is 0 Å². The van der Waals surface area contributed by atoms with E-state index in [2.05, 4.69) is 10.1 Å². The Bertz CT molecular complexity index is 301. The van der Waals surface area contributed by atoms with Crippen LogP contribution in [0.25, 0.3) is 0 Å². The van der Waals surface area contributed by atoms with E-state index in [-0.39, 0.29) is 12.4 Å². The van der Waals surface area contributed by atoms with E-state index >= 15 is 0 Å². The van der Waals surface area contributed by atoms with Crippen molar-refractivity contribution in [2.75, 3.05) is 7.11 Å². The Balaban J connectivity index is 2.50. The highest BCUT2D eigenvalue weighted by Crippen LogP contribution is 2.02. The molecule has 0 aliphatic heterocycles. The molecule has 1 rings (SSSR count). The van der Waals surface area contributed by atoms with Crippen molar-refractivity contribution in [2.45, 2.75) is 6.54 Å². The van der Waals surface area contributed by atoms with Crippen LogP contribution in [0.4, 0.5) is 9.18 Å². The smallest absolute Gasteiger partial charge is 0.407 e. The monoisotopic (exact) mass is 183 g/mol. The molecule has 0 unspecified atom stereocenters. The molecule has 1 aromatic rings. The predicted molar refractivity (Wildman–Crippen MR) is 45.6 cm³/mol. The first kappa shape index (κ1) is 9.51. The lowest BCUT2D eigenvalue weighted by Gasteiger charge is -2.02. The fourth-order valence-electron chi connectivity index (χ4n) is 0.893. The third-order valence-electron chi connectivity index (χ3n) is 1.51. The summed E-state index contributed by atoms with van der Waals surface area (Å²) in [6, 6.07) is 6.01. The minimum Gasteiger partial charge on any atom is -0.453 e. The molecule has 13 heavy (non-hydrogen) atoms. The van der Waals surface area contributed by atoms with Crippen LogP contribution < -0.4 is 5.32 Å². The zero-order valence-corrected chi connectivity index (χ0v) is 7.21. The summed E-state index contributed by atoms with van der Waals surface area (Å²) in [5, 5.41) is 2.45. The first-order valence-corrected chi connectivity index (χ1v) is 3.78. The molecule has 1 aromatic carbocycles. The maximum absolute atomic E-state index is 12.6. The molecule has 0 spiro atoms. The molecule has 0 aromatic heterocycles. The first-order valence-electron chi connectivity index (χ1n) is 3.78. The van der Waals surface area contributed by atoms with Crippen LogP contribution in [0, 0.1) is 5.82 Å². The van der Waals surface area contributed by atoms with E-state index in [1.165, 1.54) is 19.2 Å². The molecule has 1 amide bonds. The Labute approximate surface area is 75.5 Å². The van der Waals surface area contributed by atoms with Crippen LogP contribution in [-0.4, -0.2) is 13.2 Å². The number of hydrogen-bond acceptors (Lipinski definition) is 2. The highest BCUT2D eigenvalue weighted by Gasteiger charge is 1.99. The molecule has 0 heterocycles. The van der Waals surface area contributed by atoms with E-state index in [9.17, 15) is 9.18 Å². The van der Waals surface area contributed by atoms with Crippen molar-refractivity contribution < 1.29 is 13.9 Å². The van der Waals surface area contributed by atoms with Crippen LogP contribution in [0.1, 0.15) is 5.56 Å². The largest absolute Gasteiger partial charge is 0.453 e. The van der Waals surface area contributed by atoms with Crippen molar-refractivity contribution >= 4 is 6.09 Å². The second-order valence-corrected chi connectivity index (χ2v) is 2.48. The number of hydrogen-bond donors (Lipinski definition) is 1. The summed E-state index contributed by atoms with van der Waals surface area (Å²) in [5.74, 6) is -0.316. The van der Waals surface area contributed by atoms with Gasteiger partial charge < -0.3 is 10.1 Å². The Hall–Kier alpha value is -1.58. The number of rotatable bonds is 2. The maximum atomic E-state index is 12.6. The summed E-state index contributed by atoms with van der Waals surface area (Å²) >= 11 is 0. The molecule has 0 bridgehead atoms. The number of amides is 1. The van der Waals surface area contributed by atoms with Crippen molar-refractivity contribution in [3.8, 4) is 0 Å². The molecule has 3 nitrogen and oxygen atoms in total. The fraction of sp³-hybridized carbons (Fsp3) is 0.222. The van der Waals surface area contributed by atoms with Gasteiger partial charge in [0.15, 0.2) is 0 Å². The van der Waals surface area contributed by atoms with Crippen LogP contribution in [0.2, 0.25) is 0 Å². The molecule has 70 valence electrons. The average molecular weight is 183 g/mol. The summed E-state index contributed by atoms with van der Waals surface area (Å²) in [6.07, 6.45) is -0.524. The van der Waals surface area contributed by atoms with E-state index in [0.717, 1.165) is 0 Å². The summed E-state index contributed by atoms with van der Waals surface area (Å²) in [7, 11) is 1.28. The Morgan fingerprint density at radius 2 is 2.38 bits per heavy atom. The van der Waals surface area contributed by atoms with Crippen molar-refractivity contribution in [1.29, 1.82) is 0 Å². The van der Waals surface area contributed by atoms with Crippen molar-refractivity contribution in [1.82, 2.24) is 5.32 Å². The topological polar surface area (TPSA) is 38.3 Å². The summed E-state index contributed by atoms with van der Waals surface area (Å²) in [5.41, 5.74) is 0.699.